The first kappa shape index (κ1) is 14.7. The number of aromatic carboxylic acids is 1. The first-order valence-corrected chi connectivity index (χ1v) is 6.35. The topological polar surface area (TPSA) is 140 Å². The van der Waals surface area contributed by atoms with Gasteiger partial charge in [0.2, 0.25) is 5.91 Å². The van der Waals surface area contributed by atoms with Crippen molar-refractivity contribution in [3.8, 4) is 0 Å². The van der Waals surface area contributed by atoms with E-state index >= 15 is 0 Å². The Morgan fingerprint density at radius 2 is 2.19 bits per heavy atom. The fourth-order valence-corrected chi connectivity index (χ4v) is 2.41. The monoisotopic (exact) mass is 294 g/mol. The Morgan fingerprint density at radius 3 is 2.76 bits per heavy atom. The van der Waals surface area contributed by atoms with E-state index in [0.29, 0.717) is 13.0 Å². The van der Waals surface area contributed by atoms with Gasteiger partial charge in [-0.3, -0.25) is 14.9 Å². The lowest BCUT2D eigenvalue weighted by Gasteiger charge is -2.34. The zero-order valence-electron chi connectivity index (χ0n) is 11.1. The molecule has 1 saturated heterocycles. The molecule has 0 radical (unpaired) electrons. The largest absolute Gasteiger partial charge is 0.477 e. The van der Waals surface area contributed by atoms with Crippen LogP contribution < -0.4 is 10.6 Å². The quantitative estimate of drug-likeness (QED) is 0.609. The molecule has 1 aliphatic rings. The molecule has 21 heavy (non-hydrogen) atoms. The van der Waals surface area contributed by atoms with Crippen LogP contribution in [0.5, 0.6) is 0 Å². The van der Waals surface area contributed by atoms with E-state index in [1.807, 2.05) is 0 Å². The molecular weight excluding hydrogens is 280 g/mol. The van der Waals surface area contributed by atoms with E-state index in [2.05, 4.69) is 4.98 Å². The number of carbonyl (C=O) groups excluding carboxylic acids is 1. The number of anilines is 1. The predicted molar refractivity (Wildman–Crippen MR) is 72.0 cm³/mol. The van der Waals surface area contributed by atoms with Gasteiger partial charge in [0, 0.05) is 12.6 Å². The van der Waals surface area contributed by atoms with Crippen LogP contribution in [0.15, 0.2) is 12.3 Å². The van der Waals surface area contributed by atoms with E-state index in [4.69, 9.17) is 10.8 Å². The zero-order valence-corrected chi connectivity index (χ0v) is 11.1. The number of hydrogen-bond donors (Lipinski definition) is 2. The minimum absolute atomic E-state index is 0.210. The van der Waals surface area contributed by atoms with Crippen molar-refractivity contribution in [3.63, 3.8) is 0 Å². The van der Waals surface area contributed by atoms with Crippen molar-refractivity contribution in [3.05, 3.63) is 27.9 Å². The van der Waals surface area contributed by atoms with Crippen LogP contribution in [0, 0.1) is 10.1 Å². The van der Waals surface area contributed by atoms with Crippen molar-refractivity contribution in [2.75, 3.05) is 11.4 Å². The summed E-state index contributed by atoms with van der Waals surface area (Å²) < 4.78 is 0. The Labute approximate surface area is 119 Å². The smallest absolute Gasteiger partial charge is 0.342 e. The molecule has 2 rings (SSSR count). The van der Waals surface area contributed by atoms with Gasteiger partial charge >= 0.3 is 11.7 Å². The Bertz CT molecular complexity index is 603. The highest BCUT2D eigenvalue weighted by molar-refractivity contribution is 5.93. The molecule has 1 aromatic rings. The standard InChI is InChI=1S/C12H14N4O5/c13-11(17)8-3-1-2-4-15(8)10-5-7(12(18)19)9(6-14-10)16(20)21/h5-6,8H,1-4H2,(H2,13,17)(H,18,19). The van der Waals surface area contributed by atoms with Crippen molar-refractivity contribution in [1.29, 1.82) is 0 Å². The lowest BCUT2D eigenvalue weighted by atomic mass is 10.0. The minimum atomic E-state index is -1.42. The molecule has 9 nitrogen and oxygen atoms in total. The maximum atomic E-state index is 11.5. The molecule has 0 aromatic carbocycles. The number of nitro groups is 1. The molecule has 1 aliphatic heterocycles. The molecule has 0 bridgehead atoms. The molecule has 1 unspecified atom stereocenters. The number of nitrogens with two attached hydrogens (primary N) is 1. The number of hydrogen-bond acceptors (Lipinski definition) is 6. The Kier molecular flexibility index (Phi) is 4.01. The van der Waals surface area contributed by atoms with Crippen LogP contribution in [0.1, 0.15) is 29.6 Å². The molecule has 3 N–H and O–H groups in total. The van der Waals surface area contributed by atoms with Gasteiger partial charge < -0.3 is 15.7 Å². The fraction of sp³-hybridized carbons (Fsp3) is 0.417. The lowest BCUT2D eigenvalue weighted by molar-refractivity contribution is -0.385. The van der Waals surface area contributed by atoms with E-state index in [1.165, 1.54) is 0 Å². The summed E-state index contributed by atoms with van der Waals surface area (Å²) in [6, 6.07) is 0.538. The van der Waals surface area contributed by atoms with Gasteiger partial charge in [-0.2, -0.15) is 0 Å². The number of primary amides is 1. The summed E-state index contributed by atoms with van der Waals surface area (Å²) >= 11 is 0. The van der Waals surface area contributed by atoms with Gasteiger partial charge in [-0.25, -0.2) is 9.78 Å². The predicted octanol–water partition coefficient (Wildman–Crippen LogP) is 0.532. The Morgan fingerprint density at radius 1 is 1.48 bits per heavy atom. The van der Waals surface area contributed by atoms with E-state index in [9.17, 15) is 19.7 Å². The molecule has 0 aliphatic carbocycles. The number of nitrogens with zero attached hydrogens (tertiary/aromatic N) is 3. The molecule has 1 fully saturated rings. The normalized spacial score (nSPS) is 18.3. The maximum absolute atomic E-state index is 11.5. The summed E-state index contributed by atoms with van der Waals surface area (Å²) in [7, 11) is 0. The van der Waals surface area contributed by atoms with Gasteiger partial charge in [-0.15, -0.1) is 0 Å². The Balaban J connectivity index is 2.43. The molecule has 1 aromatic heterocycles. The number of carboxylic acids is 1. The van der Waals surface area contributed by atoms with Gasteiger partial charge in [0.15, 0.2) is 0 Å². The van der Waals surface area contributed by atoms with Gasteiger partial charge in [0.05, 0.1) is 4.92 Å². The maximum Gasteiger partial charge on any atom is 0.342 e. The second-order valence-electron chi connectivity index (χ2n) is 4.73. The molecule has 0 saturated carbocycles. The van der Waals surface area contributed by atoms with Crippen LogP contribution in [0.25, 0.3) is 0 Å². The van der Waals surface area contributed by atoms with Crippen molar-refractivity contribution in [2.24, 2.45) is 5.73 Å². The SMILES string of the molecule is NC(=O)C1CCCCN1c1cc(C(=O)O)c([N+](=O)[O-])cn1. The van der Waals surface area contributed by atoms with Crippen molar-refractivity contribution in [2.45, 2.75) is 25.3 Å². The molecule has 9 heteroatoms. The highest BCUT2D eigenvalue weighted by Gasteiger charge is 2.30. The molecule has 2 heterocycles. The summed E-state index contributed by atoms with van der Waals surface area (Å²) in [6.07, 6.45) is 3.09. The minimum Gasteiger partial charge on any atom is -0.477 e. The summed E-state index contributed by atoms with van der Waals surface area (Å²) in [5.41, 5.74) is 4.29. The van der Waals surface area contributed by atoms with Gasteiger partial charge in [0.1, 0.15) is 23.6 Å². The third-order valence-corrected chi connectivity index (χ3v) is 3.42. The van der Waals surface area contributed by atoms with Gasteiger partial charge in [0.25, 0.3) is 0 Å². The second kappa shape index (κ2) is 5.73. The van der Waals surface area contributed by atoms with E-state index < -0.39 is 34.1 Å². The lowest BCUT2D eigenvalue weighted by Crippen LogP contribution is -2.48. The summed E-state index contributed by atoms with van der Waals surface area (Å²) in [5.74, 6) is -1.73. The third kappa shape index (κ3) is 2.91. The van der Waals surface area contributed by atoms with Crippen LogP contribution in [0.3, 0.4) is 0 Å². The van der Waals surface area contributed by atoms with Crippen molar-refractivity contribution < 1.29 is 19.6 Å². The van der Waals surface area contributed by atoms with E-state index in [-0.39, 0.29) is 5.82 Å². The highest BCUT2D eigenvalue weighted by atomic mass is 16.6. The number of rotatable bonds is 4. The number of pyridine rings is 1. The van der Waals surface area contributed by atoms with Crippen LogP contribution in [0.4, 0.5) is 11.5 Å². The van der Waals surface area contributed by atoms with Gasteiger partial charge in [-0.1, -0.05) is 0 Å². The zero-order chi connectivity index (χ0) is 15.6. The fourth-order valence-electron chi connectivity index (χ4n) is 2.41. The summed E-state index contributed by atoms with van der Waals surface area (Å²) in [4.78, 5) is 38.1. The number of amides is 1. The number of aromatic nitrogens is 1. The number of carbonyl (C=O) groups is 2. The summed E-state index contributed by atoms with van der Waals surface area (Å²) in [6.45, 7) is 0.497. The average molecular weight is 294 g/mol. The second-order valence-corrected chi connectivity index (χ2v) is 4.73. The molecular formula is C12H14N4O5. The average Bonchev–Trinajstić information content (AvgIpc) is 2.46. The van der Waals surface area contributed by atoms with Crippen molar-refractivity contribution in [1.82, 2.24) is 4.98 Å². The van der Waals surface area contributed by atoms with Crippen LogP contribution in [0.2, 0.25) is 0 Å². The summed E-state index contributed by atoms with van der Waals surface area (Å²) in [5, 5.41) is 19.9. The Hall–Kier alpha value is -2.71. The molecule has 112 valence electrons. The number of carboxylic acid groups (broad SMARTS) is 1. The highest BCUT2D eigenvalue weighted by Crippen LogP contribution is 2.27. The van der Waals surface area contributed by atoms with E-state index in [0.717, 1.165) is 25.1 Å². The van der Waals surface area contributed by atoms with Crippen LogP contribution >= 0.6 is 0 Å². The molecule has 0 spiro atoms. The molecule has 1 atom stereocenters. The first-order valence-electron chi connectivity index (χ1n) is 6.35. The van der Waals surface area contributed by atoms with Crippen LogP contribution in [-0.4, -0.2) is 39.5 Å². The van der Waals surface area contributed by atoms with Gasteiger partial charge in [-0.05, 0) is 19.3 Å². The van der Waals surface area contributed by atoms with E-state index in [1.54, 1.807) is 4.90 Å². The molecule has 1 amide bonds. The number of piperidine rings is 1. The first-order chi connectivity index (χ1) is 9.91. The van der Waals surface area contributed by atoms with Crippen molar-refractivity contribution >= 4 is 23.4 Å². The van der Waals surface area contributed by atoms with Crippen LogP contribution in [-0.2, 0) is 4.79 Å². The third-order valence-electron chi connectivity index (χ3n) is 3.42.